The molecule has 90 valence electrons. The Morgan fingerprint density at radius 2 is 2.29 bits per heavy atom. The molecule has 0 spiro atoms. The topological polar surface area (TPSA) is 45.6 Å². The summed E-state index contributed by atoms with van der Waals surface area (Å²) in [4.78, 5) is 15.8. The van der Waals surface area contributed by atoms with E-state index >= 15 is 0 Å². The summed E-state index contributed by atoms with van der Waals surface area (Å²) in [6.07, 6.45) is 3.66. The predicted octanol–water partition coefficient (Wildman–Crippen LogP) is 2.47. The van der Waals surface area contributed by atoms with Gasteiger partial charge in [-0.25, -0.2) is 5.01 Å². The smallest absolute Gasteiger partial charge is 0.243 e. The number of hydrogen-bond acceptors (Lipinski definition) is 3. The van der Waals surface area contributed by atoms with Gasteiger partial charge in [0.25, 0.3) is 0 Å². The Labute approximate surface area is 105 Å². The van der Waals surface area contributed by atoms with Crippen LogP contribution in [0.4, 0.5) is 0 Å². The monoisotopic (exact) mass is 251 g/mol. The Kier molecular flexibility index (Phi) is 3.74. The van der Waals surface area contributed by atoms with E-state index < -0.39 is 0 Å². The van der Waals surface area contributed by atoms with Gasteiger partial charge in [-0.2, -0.15) is 5.10 Å². The van der Waals surface area contributed by atoms with E-state index in [4.69, 9.17) is 11.6 Å². The quantitative estimate of drug-likeness (QED) is 0.829. The van der Waals surface area contributed by atoms with E-state index in [1.54, 1.807) is 18.3 Å². The third kappa shape index (κ3) is 2.64. The van der Waals surface area contributed by atoms with Crippen molar-refractivity contribution in [2.45, 2.75) is 26.2 Å². The van der Waals surface area contributed by atoms with Crippen LogP contribution in [0.5, 0.6) is 0 Å². The molecule has 17 heavy (non-hydrogen) atoms. The summed E-state index contributed by atoms with van der Waals surface area (Å²) < 4.78 is 0. The van der Waals surface area contributed by atoms with Crippen molar-refractivity contribution >= 4 is 23.2 Å². The Hall–Kier alpha value is -1.42. The van der Waals surface area contributed by atoms with Gasteiger partial charge in [0.1, 0.15) is 5.69 Å². The van der Waals surface area contributed by atoms with E-state index in [0.717, 1.165) is 12.1 Å². The lowest BCUT2D eigenvalue weighted by Crippen LogP contribution is -2.32. The van der Waals surface area contributed by atoms with Crippen LogP contribution in [-0.4, -0.2) is 28.2 Å². The fourth-order valence-corrected chi connectivity index (χ4v) is 1.99. The molecule has 0 aromatic carbocycles. The van der Waals surface area contributed by atoms with E-state index in [1.165, 1.54) is 5.01 Å². The van der Waals surface area contributed by atoms with Gasteiger partial charge in [-0.1, -0.05) is 18.5 Å². The molecule has 0 aliphatic carbocycles. The molecule has 2 rings (SSSR count). The molecule has 0 radical (unpaired) electrons. The van der Waals surface area contributed by atoms with Gasteiger partial charge in [-0.15, -0.1) is 0 Å². The van der Waals surface area contributed by atoms with Crippen molar-refractivity contribution in [3.63, 3.8) is 0 Å². The number of halogens is 1. The van der Waals surface area contributed by atoms with E-state index in [9.17, 15) is 4.79 Å². The lowest BCUT2D eigenvalue weighted by atomic mass is 10.1. The third-order valence-corrected chi connectivity index (χ3v) is 2.88. The molecule has 0 atom stereocenters. The highest BCUT2D eigenvalue weighted by molar-refractivity contribution is 6.34. The Morgan fingerprint density at radius 3 is 3.00 bits per heavy atom. The van der Waals surface area contributed by atoms with Crippen LogP contribution in [0.3, 0.4) is 0 Å². The maximum atomic E-state index is 11.6. The molecule has 1 aromatic rings. The number of aromatic nitrogens is 1. The molecule has 1 aliphatic heterocycles. The molecule has 1 aliphatic rings. The molecule has 0 bridgehead atoms. The molecule has 1 amide bonds. The van der Waals surface area contributed by atoms with Crippen LogP contribution in [0, 0.1) is 0 Å². The number of pyridine rings is 1. The standard InChI is InChI=1S/C12H14ClN3O/c1-2-8-16-11(17)6-5-10(15-16)12-9(13)4-3-7-14-12/h3-4,7H,2,5-6,8H2,1H3. The maximum absolute atomic E-state index is 11.6. The number of amides is 1. The SMILES string of the molecule is CCCN1N=C(c2ncccc2Cl)CCC1=O. The molecular formula is C12H14ClN3O. The number of carbonyl (C=O) groups excluding carboxylic acids is 1. The number of nitrogens with zero attached hydrogens (tertiary/aromatic N) is 3. The van der Waals surface area contributed by atoms with Crippen molar-refractivity contribution in [3.05, 3.63) is 29.0 Å². The second kappa shape index (κ2) is 5.27. The number of hydrogen-bond donors (Lipinski definition) is 0. The molecule has 4 nitrogen and oxygen atoms in total. The minimum absolute atomic E-state index is 0.0719. The first-order valence-electron chi connectivity index (χ1n) is 5.71. The summed E-state index contributed by atoms with van der Waals surface area (Å²) in [7, 11) is 0. The minimum atomic E-state index is 0.0719. The highest BCUT2D eigenvalue weighted by Crippen LogP contribution is 2.19. The zero-order valence-corrected chi connectivity index (χ0v) is 10.4. The van der Waals surface area contributed by atoms with Crippen LogP contribution >= 0.6 is 11.6 Å². The van der Waals surface area contributed by atoms with E-state index in [2.05, 4.69) is 10.1 Å². The summed E-state index contributed by atoms with van der Waals surface area (Å²) in [5.74, 6) is 0.0719. The molecule has 0 unspecified atom stereocenters. The lowest BCUT2D eigenvalue weighted by molar-refractivity contribution is -0.131. The van der Waals surface area contributed by atoms with Gasteiger partial charge in [0, 0.05) is 25.6 Å². The van der Waals surface area contributed by atoms with Crippen molar-refractivity contribution in [1.29, 1.82) is 0 Å². The molecular weight excluding hydrogens is 238 g/mol. The van der Waals surface area contributed by atoms with E-state index in [1.807, 2.05) is 6.92 Å². The summed E-state index contributed by atoms with van der Waals surface area (Å²) in [5, 5.41) is 6.44. The van der Waals surface area contributed by atoms with Crippen LogP contribution in [0.15, 0.2) is 23.4 Å². The summed E-state index contributed by atoms with van der Waals surface area (Å²) in [6, 6.07) is 3.57. The fraction of sp³-hybridized carbons (Fsp3) is 0.417. The van der Waals surface area contributed by atoms with Gasteiger partial charge >= 0.3 is 0 Å². The van der Waals surface area contributed by atoms with Crippen molar-refractivity contribution < 1.29 is 4.79 Å². The van der Waals surface area contributed by atoms with Crippen LogP contribution in [0.1, 0.15) is 31.9 Å². The van der Waals surface area contributed by atoms with Gasteiger partial charge in [-0.05, 0) is 18.6 Å². The Balaban J connectivity index is 2.30. The fourth-order valence-electron chi connectivity index (χ4n) is 1.76. The first-order valence-corrected chi connectivity index (χ1v) is 6.09. The van der Waals surface area contributed by atoms with Crippen molar-refractivity contribution in [2.24, 2.45) is 5.10 Å². The van der Waals surface area contributed by atoms with Gasteiger partial charge < -0.3 is 0 Å². The van der Waals surface area contributed by atoms with Gasteiger partial charge in [-0.3, -0.25) is 9.78 Å². The third-order valence-electron chi connectivity index (χ3n) is 2.57. The first-order chi connectivity index (χ1) is 8.22. The molecule has 0 N–H and O–H groups in total. The van der Waals surface area contributed by atoms with Crippen LogP contribution in [0.25, 0.3) is 0 Å². The second-order valence-corrected chi connectivity index (χ2v) is 4.30. The largest absolute Gasteiger partial charge is 0.273 e. The number of carbonyl (C=O) groups is 1. The van der Waals surface area contributed by atoms with E-state index in [0.29, 0.717) is 30.1 Å². The second-order valence-electron chi connectivity index (χ2n) is 3.90. The normalized spacial score (nSPS) is 16.0. The zero-order chi connectivity index (χ0) is 12.3. The molecule has 0 fully saturated rings. The number of rotatable bonds is 3. The zero-order valence-electron chi connectivity index (χ0n) is 9.69. The lowest BCUT2D eigenvalue weighted by Gasteiger charge is -2.23. The molecule has 0 saturated carbocycles. The molecule has 5 heteroatoms. The Morgan fingerprint density at radius 1 is 1.47 bits per heavy atom. The summed E-state index contributed by atoms with van der Waals surface area (Å²) in [6.45, 7) is 2.66. The van der Waals surface area contributed by atoms with E-state index in [-0.39, 0.29) is 5.91 Å². The van der Waals surface area contributed by atoms with Crippen LogP contribution < -0.4 is 0 Å². The highest BCUT2D eigenvalue weighted by atomic mass is 35.5. The molecule has 0 saturated heterocycles. The molecule has 2 heterocycles. The van der Waals surface area contributed by atoms with Crippen LogP contribution in [0.2, 0.25) is 5.02 Å². The summed E-state index contributed by atoms with van der Waals surface area (Å²) >= 11 is 6.07. The van der Waals surface area contributed by atoms with Crippen molar-refractivity contribution in [2.75, 3.05) is 6.54 Å². The van der Waals surface area contributed by atoms with Gasteiger partial charge in [0.05, 0.1) is 10.7 Å². The summed E-state index contributed by atoms with van der Waals surface area (Å²) in [5.41, 5.74) is 1.48. The predicted molar refractivity (Wildman–Crippen MR) is 67.0 cm³/mol. The van der Waals surface area contributed by atoms with Crippen molar-refractivity contribution in [1.82, 2.24) is 9.99 Å². The maximum Gasteiger partial charge on any atom is 0.243 e. The van der Waals surface area contributed by atoms with Crippen LogP contribution in [-0.2, 0) is 4.79 Å². The minimum Gasteiger partial charge on any atom is -0.273 e. The Bertz CT molecular complexity index is 459. The highest BCUT2D eigenvalue weighted by Gasteiger charge is 2.22. The number of hydrazone groups is 1. The molecule has 1 aromatic heterocycles. The first kappa shape index (κ1) is 12.0. The van der Waals surface area contributed by atoms with Gasteiger partial charge in [0.15, 0.2) is 0 Å². The van der Waals surface area contributed by atoms with Crippen molar-refractivity contribution in [3.8, 4) is 0 Å². The van der Waals surface area contributed by atoms with Gasteiger partial charge in [0.2, 0.25) is 5.91 Å². The average molecular weight is 252 g/mol. The average Bonchev–Trinajstić information content (AvgIpc) is 2.33.